The number of unbranched alkanes of at least 4 members (excludes halogenated alkanes) is 5. The molecule has 29 heavy (non-hydrogen) atoms. The molecule has 0 aliphatic heterocycles. The Labute approximate surface area is 181 Å². The fraction of sp³-hybridized carbons (Fsp3) is 0.885. The maximum atomic E-state index is 10.7. The highest BCUT2D eigenvalue weighted by atomic mass is 16.3. The van der Waals surface area contributed by atoms with Crippen molar-refractivity contribution in [2.24, 2.45) is 16.5 Å². The third kappa shape index (κ3) is 14.6. The Balaban J connectivity index is 4.47. The van der Waals surface area contributed by atoms with Gasteiger partial charge in [0.2, 0.25) is 0 Å². The van der Waals surface area contributed by atoms with Crippen molar-refractivity contribution < 1.29 is 4.79 Å². The van der Waals surface area contributed by atoms with E-state index in [0.29, 0.717) is 17.9 Å². The lowest BCUT2D eigenvalue weighted by Gasteiger charge is -2.34. The van der Waals surface area contributed by atoms with E-state index in [9.17, 15) is 9.70 Å². The van der Waals surface area contributed by atoms with Gasteiger partial charge in [0.15, 0.2) is 0 Å². The zero-order chi connectivity index (χ0) is 21.8. The Kier molecular flexibility index (Phi) is 18.4. The summed E-state index contributed by atoms with van der Waals surface area (Å²) >= 11 is 0. The van der Waals surface area contributed by atoms with Crippen LogP contribution in [0.3, 0.4) is 0 Å². The number of aldehydes is 1. The molecular weight excluding hydrogens is 358 g/mol. The van der Waals surface area contributed by atoms with Gasteiger partial charge in [-0.05, 0) is 68.3 Å². The molecule has 0 aromatic carbocycles. The summed E-state index contributed by atoms with van der Waals surface area (Å²) in [5.41, 5.74) is 1.25. The molecule has 170 valence electrons. The maximum absolute atomic E-state index is 10.7. The largest absolute Gasteiger partial charge is 0.298 e. The maximum Gasteiger partial charge on any atom is 0.145 e. The van der Waals surface area contributed by atoms with Crippen LogP contribution in [-0.2, 0) is 4.79 Å². The minimum absolute atomic E-state index is 0.499. The van der Waals surface area contributed by atoms with Gasteiger partial charge in [-0.15, -0.1) is 0 Å². The predicted molar refractivity (Wildman–Crippen MR) is 127 cm³/mol. The number of carbonyl (C=O) groups excluding carboxylic acids is 1. The highest BCUT2D eigenvalue weighted by Crippen LogP contribution is 2.41. The Hall–Kier alpha value is -0.990. The Morgan fingerprint density at radius 2 is 1.48 bits per heavy atom. The molecule has 0 rings (SSSR count). The highest BCUT2D eigenvalue weighted by Gasteiger charge is 2.27. The molecule has 0 radical (unpaired) electrons. The number of hydrogen-bond donors (Lipinski definition) is 0. The van der Waals surface area contributed by atoms with E-state index in [0.717, 1.165) is 44.0 Å². The summed E-state index contributed by atoms with van der Waals surface area (Å²) < 4.78 is 0. The van der Waals surface area contributed by atoms with E-state index in [1.807, 2.05) is 0 Å². The fourth-order valence-electron chi connectivity index (χ4n) is 4.87. The minimum Gasteiger partial charge on any atom is -0.298 e. The molecule has 0 fully saturated rings. The third-order valence-electron chi connectivity index (χ3n) is 6.56. The van der Waals surface area contributed by atoms with Crippen LogP contribution in [0.5, 0.6) is 0 Å². The lowest BCUT2D eigenvalue weighted by Crippen LogP contribution is -2.21. The molecule has 0 aromatic rings. The molecule has 1 unspecified atom stereocenters. The molecule has 0 bridgehead atoms. The van der Waals surface area contributed by atoms with E-state index in [1.54, 1.807) is 0 Å². The number of rotatable bonds is 22. The van der Waals surface area contributed by atoms with Crippen molar-refractivity contribution in [1.82, 2.24) is 0 Å². The van der Waals surface area contributed by atoms with Crippen molar-refractivity contribution in [3.05, 3.63) is 17.1 Å². The van der Waals surface area contributed by atoms with E-state index in [4.69, 9.17) is 0 Å². The van der Waals surface area contributed by atoms with Crippen molar-refractivity contribution in [2.45, 2.75) is 130 Å². The molecule has 0 heterocycles. The molecular formula is C26H49NO2. The molecule has 0 N–H and O–H groups in total. The van der Waals surface area contributed by atoms with Crippen LogP contribution < -0.4 is 0 Å². The average Bonchev–Trinajstić information content (AvgIpc) is 2.71. The molecule has 0 amide bonds. The molecule has 0 aliphatic carbocycles. The van der Waals surface area contributed by atoms with Gasteiger partial charge in [0.1, 0.15) is 6.29 Å². The summed E-state index contributed by atoms with van der Waals surface area (Å²) in [5.74, 6) is 0.499. The van der Waals surface area contributed by atoms with Crippen LogP contribution in [0.4, 0.5) is 0 Å². The van der Waals surface area contributed by atoms with Gasteiger partial charge in [-0.25, -0.2) is 0 Å². The second-order valence-corrected chi connectivity index (χ2v) is 9.26. The lowest BCUT2D eigenvalue weighted by atomic mass is 9.71. The molecule has 0 aromatic heterocycles. The van der Waals surface area contributed by atoms with Crippen molar-refractivity contribution in [2.75, 3.05) is 6.54 Å². The first-order chi connectivity index (χ1) is 14.1. The van der Waals surface area contributed by atoms with E-state index in [-0.39, 0.29) is 0 Å². The molecule has 0 saturated heterocycles. The van der Waals surface area contributed by atoms with Crippen LogP contribution in [0.2, 0.25) is 0 Å². The lowest BCUT2D eigenvalue weighted by molar-refractivity contribution is -0.105. The number of carbonyl (C=O) groups is 1. The van der Waals surface area contributed by atoms with Crippen LogP contribution >= 0.6 is 0 Å². The molecule has 3 nitrogen and oxygen atoms in total. The standard InChI is InChI=1S/C26H49NO2/c1-5-8-19-26(18-7-3,20-13-9-11-16-24(4)23-28)21-14-10-12-17-25(15-6-2)22-27-29/h23,25H,4-22H2,1-3H3/t25?,26-/m1/s1. The van der Waals surface area contributed by atoms with Gasteiger partial charge in [-0.1, -0.05) is 90.3 Å². The van der Waals surface area contributed by atoms with Crippen LogP contribution in [0, 0.1) is 16.2 Å². The van der Waals surface area contributed by atoms with E-state index < -0.39 is 0 Å². The van der Waals surface area contributed by atoms with Gasteiger partial charge in [0.25, 0.3) is 0 Å². The van der Waals surface area contributed by atoms with Gasteiger partial charge < -0.3 is 0 Å². The van der Waals surface area contributed by atoms with Crippen molar-refractivity contribution in [3.63, 3.8) is 0 Å². The summed E-state index contributed by atoms with van der Waals surface area (Å²) in [7, 11) is 0. The summed E-state index contributed by atoms with van der Waals surface area (Å²) in [6, 6.07) is 0. The number of allylic oxidation sites excluding steroid dienone is 1. The van der Waals surface area contributed by atoms with Gasteiger partial charge in [0.05, 0.1) is 6.54 Å². The molecule has 0 saturated carbocycles. The second-order valence-electron chi connectivity index (χ2n) is 9.26. The highest BCUT2D eigenvalue weighted by molar-refractivity contribution is 5.71. The molecule has 0 aliphatic rings. The minimum atomic E-state index is 0.499. The van der Waals surface area contributed by atoms with Crippen LogP contribution in [0.25, 0.3) is 0 Å². The first kappa shape index (κ1) is 28.0. The number of nitrogens with zero attached hydrogens (tertiary/aromatic N) is 1. The molecule has 0 spiro atoms. The average molecular weight is 408 g/mol. The second kappa shape index (κ2) is 19.0. The number of hydrogen-bond acceptors (Lipinski definition) is 3. The molecule has 2 atom stereocenters. The zero-order valence-electron chi connectivity index (χ0n) is 19.9. The SMILES string of the molecule is C=C(C=O)CCCCC[C@@](CCC)(CCCC)CCCCCC(CCC)CN=O. The summed E-state index contributed by atoms with van der Waals surface area (Å²) in [5, 5.41) is 3.14. The van der Waals surface area contributed by atoms with Crippen molar-refractivity contribution in [1.29, 1.82) is 0 Å². The van der Waals surface area contributed by atoms with Crippen molar-refractivity contribution >= 4 is 6.29 Å². The zero-order valence-corrected chi connectivity index (χ0v) is 19.9. The Bertz CT molecular complexity index is 421. The van der Waals surface area contributed by atoms with Crippen LogP contribution in [0.15, 0.2) is 17.3 Å². The fourth-order valence-corrected chi connectivity index (χ4v) is 4.87. The summed E-state index contributed by atoms with van der Waals surface area (Å²) in [6.07, 6.45) is 21.9. The first-order valence-corrected chi connectivity index (χ1v) is 12.5. The topological polar surface area (TPSA) is 46.5 Å². The van der Waals surface area contributed by atoms with Crippen LogP contribution in [-0.4, -0.2) is 12.8 Å². The van der Waals surface area contributed by atoms with E-state index in [2.05, 4.69) is 32.5 Å². The van der Waals surface area contributed by atoms with Gasteiger partial charge in [-0.2, -0.15) is 4.91 Å². The van der Waals surface area contributed by atoms with Gasteiger partial charge in [-0.3, -0.25) is 4.79 Å². The normalized spacial score (nSPS) is 14.3. The monoisotopic (exact) mass is 407 g/mol. The summed E-state index contributed by atoms with van der Waals surface area (Å²) in [6.45, 7) is 11.1. The quantitative estimate of drug-likeness (QED) is 0.0778. The third-order valence-corrected chi connectivity index (χ3v) is 6.56. The van der Waals surface area contributed by atoms with E-state index >= 15 is 0 Å². The van der Waals surface area contributed by atoms with Gasteiger partial charge >= 0.3 is 0 Å². The number of nitroso groups, excluding NO2 is 1. The van der Waals surface area contributed by atoms with Gasteiger partial charge in [0, 0.05) is 0 Å². The Morgan fingerprint density at radius 1 is 0.828 bits per heavy atom. The first-order valence-electron chi connectivity index (χ1n) is 12.5. The van der Waals surface area contributed by atoms with Crippen molar-refractivity contribution in [3.8, 4) is 0 Å². The Morgan fingerprint density at radius 3 is 2.03 bits per heavy atom. The smallest absolute Gasteiger partial charge is 0.145 e. The summed E-state index contributed by atoms with van der Waals surface area (Å²) in [4.78, 5) is 21.3. The molecule has 3 heteroatoms. The van der Waals surface area contributed by atoms with E-state index in [1.165, 1.54) is 77.0 Å². The van der Waals surface area contributed by atoms with Crippen LogP contribution in [0.1, 0.15) is 130 Å². The predicted octanol–water partition coefficient (Wildman–Crippen LogP) is 8.80.